The van der Waals surface area contributed by atoms with Crippen molar-refractivity contribution in [2.75, 3.05) is 4.90 Å². The summed E-state index contributed by atoms with van der Waals surface area (Å²) in [5.41, 5.74) is 19.0. The van der Waals surface area contributed by atoms with Crippen LogP contribution in [0.1, 0.15) is 0 Å². The number of nitrogens with zero attached hydrogens (tertiary/aromatic N) is 2. The number of rotatable bonds is 5. The first-order valence-electron chi connectivity index (χ1n) is 17.7. The van der Waals surface area contributed by atoms with E-state index in [1.807, 2.05) is 0 Å². The number of hydrogen-bond acceptors (Lipinski definition) is 1. The predicted octanol–water partition coefficient (Wildman–Crippen LogP) is 11.2. The molecule has 3 heteroatoms. The second kappa shape index (κ2) is 11.0. The SMILES string of the molecule is c1ccc(-c2cc3c4c(c2)c2cc(-c5ccc(N(c6ccccc6)c6ccccc6)cc5)cc5c2n4B(c2ccccc2-3)c2ccccc2-5)cc1. The van der Waals surface area contributed by atoms with Crippen LogP contribution >= 0.6 is 0 Å². The van der Waals surface area contributed by atoms with Crippen molar-refractivity contribution in [2.24, 2.45) is 0 Å². The summed E-state index contributed by atoms with van der Waals surface area (Å²) in [5.74, 6) is 0. The van der Waals surface area contributed by atoms with Gasteiger partial charge in [-0.1, -0.05) is 127 Å². The first-order valence-corrected chi connectivity index (χ1v) is 17.7. The van der Waals surface area contributed by atoms with E-state index in [0.29, 0.717) is 0 Å². The van der Waals surface area contributed by atoms with Gasteiger partial charge in [0.15, 0.2) is 0 Å². The molecule has 0 unspecified atom stereocenters. The van der Waals surface area contributed by atoms with Crippen molar-refractivity contribution >= 4 is 56.6 Å². The maximum atomic E-state index is 2.65. The van der Waals surface area contributed by atoms with Crippen LogP contribution in [0.15, 0.2) is 188 Å². The Bertz CT molecular complexity index is 2750. The van der Waals surface area contributed by atoms with Crippen LogP contribution in [0.5, 0.6) is 0 Å². The maximum absolute atomic E-state index is 2.65. The van der Waals surface area contributed by atoms with Gasteiger partial charge in [-0.15, -0.1) is 0 Å². The van der Waals surface area contributed by atoms with Gasteiger partial charge in [0.05, 0.1) is 0 Å². The van der Waals surface area contributed by atoms with E-state index in [9.17, 15) is 0 Å². The molecule has 0 fully saturated rings. The Hall–Kier alpha value is -6.58. The van der Waals surface area contributed by atoms with Crippen LogP contribution in [-0.2, 0) is 0 Å². The highest BCUT2D eigenvalue weighted by molar-refractivity contribution is 6.88. The van der Waals surface area contributed by atoms with E-state index in [-0.39, 0.29) is 6.85 Å². The Morgan fingerprint density at radius 1 is 0.333 bits per heavy atom. The highest BCUT2D eigenvalue weighted by atomic mass is 15.1. The van der Waals surface area contributed by atoms with Crippen molar-refractivity contribution in [2.45, 2.75) is 0 Å². The molecule has 0 radical (unpaired) electrons. The summed E-state index contributed by atoms with van der Waals surface area (Å²) in [5, 5.41) is 2.62. The zero-order valence-corrected chi connectivity index (χ0v) is 27.9. The smallest absolute Gasteiger partial charge is 0.329 e. The summed E-state index contributed by atoms with van der Waals surface area (Å²) in [4.78, 5) is 2.32. The molecule has 2 aliphatic rings. The molecule has 0 amide bonds. The van der Waals surface area contributed by atoms with Gasteiger partial charge in [-0.2, -0.15) is 0 Å². The van der Waals surface area contributed by atoms with Crippen LogP contribution in [0.3, 0.4) is 0 Å². The number of anilines is 3. The predicted molar refractivity (Wildman–Crippen MR) is 216 cm³/mol. The molecule has 0 aliphatic carbocycles. The van der Waals surface area contributed by atoms with Crippen molar-refractivity contribution in [1.82, 2.24) is 4.48 Å². The normalized spacial score (nSPS) is 12.3. The summed E-state index contributed by atoms with van der Waals surface area (Å²) in [6, 6.07) is 69.0. The molecule has 0 saturated carbocycles. The van der Waals surface area contributed by atoms with E-state index in [0.717, 1.165) is 17.1 Å². The molecule has 236 valence electrons. The third-order valence-corrected chi connectivity index (χ3v) is 10.9. The summed E-state index contributed by atoms with van der Waals surface area (Å²) in [6.45, 7) is 0.132. The second-order valence-electron chi connectivity index (χ2n) is 13.7. The van der Waals surface area contributed by atoms with Crippen LogP contribution in [0.2, 0.25) is 0 Å². The minimum Gasteiger partial charge on any atom is -0.375 e. The zero-order valence-electron chi connectivity index (χ0n) is 27.9. The Morgan fingerprint density at radius 3 is 1.25 bits per heavy atom. The highest BCUT2D eigenvalue weighted by Crippen LogP contribution is 2.47. The topological polar surface area (TPSA) is 8.17 Å². The number of hydrogen-bond donors (Lipinski definition) is 0. The molecule has 3 heterocycles. The van der Waals surface area contributed by atoms with E-state index in [4.69, 9.17) is 0 Å². The van der Waals surface area contributed by atoms with E-state index >= 15 is 0 Å². The number of para-hydroxylation sites is 2. The molecular weight excluding hydrogens is 615 g/mol. The quantitative estimate of drug-likeness (QED) is 0.169. The maximum Gasteiger partial charge on any atom is 0.329 e. The van der Waals surface area contributed by atoms with Crippen molar-refractivity contribution in [3.05, 3.63) is 188 Å². The summed E-state index contributed by atoms with van der Waals surface area (Å²) in [6.07, 6.45) is 0. The zero-order chi connectivity index (χ0) is 33.5. The van der Waals surface area contributed by atoms with Gasteiger partial charge < -0.3 is 9.38 Å². The van der Waals surface area contributed by atoms with Crippen LogP contribution in [0.25, 0.3) is 66.3 Å². The van der Waals surface area contributed by atoms with Crippen LogP contribution < -0.4 is 15.8 Å². The van der Waals surface area contributed by atoms with Gasteiger partial charge in [0, 0.05) is 50.0 Å². The summed E-state index contributed by atoms with van der Waals surface area (Å²) < 4.78 is 2.65. The van der Waals surface area contributed by atoms with Gasteiger partial charge in [0.1, 0.15) is 0 Å². The number of aromatic nitrogens is 1. The monoisotopic (exact) mass is 646 g/mol. The lowest BCUT2D eigenvalue weighted by Gasteiger charge is -2.32. The minimum absolute atomic E-state index is 0.132. The number of benzene rings is 8. The molecule has 0 spiro atoms. The third-order valence-electron chi connectivity index (χ3n) is 10.9. The van der Waals surface area contributed by atoms with Gasteiger partial charge in [0.2, 0.25) is 0 Å². The standard InChI is InChI=1S/C48H31BN2/c1-4-14-32(15-5-1)34-28-41-39-20-10-12-22-45(39)49-46-23-13-11-21-40(46)42-29-35(31-44-43(30-34)47(41)51(49)48(42)44)33-24-26-38(27-25-33)50(36-16-6-2-7-17-36)37-18-8-3-9-19-37/h1-31H. The molecule has 51 heavy (non-hydrogen) atoms. The molecule has 8 aromatic carbocycles. The minimum atomic E-state index is 0.132. The average Bonchev–Trinajstić information content (AvgIpc) is 3.54. The molecule has 0 saturated heterocycles. The van der Waals surface area contributed by atoms with Gasteiger partial charge in [0.25, 0.3) is 0 Å². The molecule has 2 aliphatic heterocycles. The fourth-order valence-electron chi connectivity index (χ4n) is 8.75. The van der Waals surface area contributed by atoms with Crippen molar-refractivity contribution < 1.29 is 0 Å². The van der Waals surface area contributed by atoms with Crippen LogP contribution in [0, 0.1) is 0 Å². The first-order chi connectivity index (χ1) is 25.3. The largest absolute Gasteiger partial charge is 0.375 e. The van der Waals surface area contributed by atoms with Crippen molar-refractivity contribution in [3.63, 3.8) is 0 Å². The van der Waals surface area contributed by atoms with Crippen molar-refractivity contribution in [3.8, 4) is 44.5 Å². The Labute approximate surface area is 297 Å². The highest BCUT2D eigenvalue weighted by Gasteiger charge is 2.39. The molecular formula is C48H31BN2. The van der Waals surface area contributed by atoms with E-state index in [2.05, 4.69) is 197 Å². The molecule has 1 aromatic heterocycles. The Morgan fingerprint density at radius 2 is 0.745 bits per heavy atom. The van der Waals surface area contributed by atoms with Crippen LogP contribution in [0.4, 0.5) is 17.1 Å². The fraction of sp³-hybridized carbons (Fsp3) is 0. The molecule has 0 atom stereocenters. The van der Waals surface area contributed by atoms with Gasteiger partial charge in [-0.25, -0.2) is 0 Å². The Kier molecular flexibility index (Phi) is 6.08. The van der Waals surface area contributed by atoms with E-state index in [1.54, 1.807) is 0 Å². The average molecular weight is 647 g/mol. The van der Waals surface area contributed by atoms with Crippen molar-refractivity contribution in [1.29, 1.82) is 0 Å². The van der Waals surface area contributed by atoms with Crippen LogP contribution in [-0.4, -0.2) is 11.3 Å². The van der Waals surface area contributed by atoms with Gasteiger partial charge in [-0.3, -0.25) is 0 Å². The Balaban J connectivity index is 1.16. The lowest BCUT2D eigenvalue weighted by Crippen LogP contribution is -2.53. The molecule has 9 aromatic rings. The number of fused-ring (bicyclic) bond motifs is 7. The molecule has 0 N–H and O–H groups in total. The summed E-state index contributed by atoms with van der Waals surface area (Å²) in [7, 11) is 0. The van der Waals surface area contributed by atoms with Gasteiger partial charge >= 0.3 is 6.85 Å². The van der Waals surface area contributed by atoms with E-state index in [1.165, 1.54) is 77.2 Å². The first kappa shape index (κ1) is 28.3. The summed E-state index contributed by atoms with van der Waals surface area (Å²) >= 11 is 0. The second-order valence-corrected chi connectivity index (χ2v) is 13.7. The molecule has 2 nitrogen and oxygen atoms in total. The molecule has 0 bridgehead atoms. The van der Waals surface area contributed by atoms with E-state index < -0.39 is 0 Å². The lowest BCUT2D eigenvalue weighted by atomic mass is 9.45. The molecule has 11 rings (SSSR count). The van der Waals surface area contributed by atoms with Gasteiger partial charge in [-0.05, 0) is 105 Å². The third kappa shape index (κ3) is 4.19. The fourth-order valence-corrected chi connectivity index (χ4v) is 8.75. The lowest BCUT2D eigenvalue weighted by molar-refractivity contribution is 1.28.